The van der Waals surface area contributed by atoms with Crippen LogP contribution in [0, 0.1) is 0 Å². The van der Waals surface area contributed by atoms with Crippen LogP contribution in [0.1, 0.15) is 12.5 Å². The molecule has 1 aliphatic rings. The third kappa shape index (κ3) is 1.51. The number of hydrogen-bond acceptors (Lipinski definition) is 2. The number of ether oxygens (including phenoxy) is 1. The molecule has 0 N–H and O–H groups in total. The molecule has 0 spiro atoms. The molecule has 2 nitrogen and oxygen atoms in total. The standard InChI is InChI=1S/C12H13NO/c1-3-12-13(2)9-11(14-12)10-7-5-4-6-8-10/h3-9H,1-2H3. The highest BCUT2D eigenvalue weighted by Gasteiger charge is 2.16. The van der Waals surface area contributed by atoms with Crippen molar-refractivity contribution in [3.8, 4) is 0 Å². The fourth-order valence-electron chi connectivity index (χ4n) is 1.45. The van der Waals surface area contributed by atoms with Gasteiger partial charge in [0.05, 0.1) is 6.20 Å². The zero-order chi connectivity index (χ0) is 9.97. The van der Waals surface area contributed by atoms with Gasteiger partial charge in [0.1, 0.15) is 0 Å². The van der Waals surface area contributed by atoms with Crippen LogP contribution in [0.5, 0.6) is 0 Å². The molecule has 1 aromatic carbocycles. The first-order chi connectivity index (χ1) is 6.81. The van der Waals surface area contributed by atoms with E-state index < -0.39 is 0 Å². The molecule has 72 valence electrons. The summed E-state index contributed by atoms with van der Waals surface area (Å²) in [6.07, 6.45) is 3.94. The minimum absolute atomic E-state index is 0.879. The van der Waals surface area contributed by atoms with Crippen molar-refractivity contribution in [3.05, 3.63) is 54.1 Å². The number of benzene rings is 1. The molecule has 0 saturated carbocycles. The Morgan fingerprint density at radius 3 is 2.50 bits per heavy atom. The van der Waals surface area contributed by atoms with E-state index in [0.29, 0.717) is 0 Å². The van der Waals surface area contributed by atoms with Gasteiger partial charge in [0.15, 0.2) is 11.6 Å². The Hall–Kier alpha value is -1.70. The van der Waals surface area contributed by atoms with E-state index in [1.54, 1.807) is 0 Å². The molecule has 0 aliphatic carbocycles. The summed E-state index contributed by atoms with van der Waals surface area (Å²) in [6, 6.07) is 10.1. The van der Waals surface area contributed by atoms with Gasteiger partial charge in [-0.1, -0.05) is 30.3 Å². The summed E-state index contributed by atoms with van der Waals surface area (Å²) >= 11 is 0. The van der Waals surface area contributed by atoms with Crippen LogP contribution in [-0.2, 0) is 4.74 Å². The van der Waals surface area contributed by atoms with Crippen molar-refractivity contribution in [2.45, 2.75) is 6.92 Å². The first-order valence-corrected chi connectivity index (χ1v) is 4.65. The minimum atomic E-state index is 0.879. The Morgan fingerprint density at radius 2 is 1.93 bits per heavy atom. The van der Waals surface area contributed by atoms with Crippen LogP contribution >= 0.6 is 0 Å². The number of nitrogens with zero attached hydrogens (tertiary/aromatic N) is 1. The molecule has 0 atom stereocenters. The highest BCUT2D eigenvalue weighted by Crippen LogP contribution is 2.27. The van der Waals surface area contributed by atoms with Gasteiger partial charge in [-0.25, -0.2) is 0 Å². The molecule has 0 aromatic heterocycles. The van der Waals surface area contributed by atoms with Crippen molar-refractivity contribution < 1.29 is 4.74 Å². The van der Waals surface area contributed by atoms with Gasteiger partial charge < -0.3 is 9.64 Å². The summed E-state index contributed by atoms with van der Waals surface area (Å²) in [5.41, 5.74) is 1.11. The molecule has 1 aromatic rings. The number of rotatable bonds is 1. The maximum absolute atomic E-state index is 5.66. The maximum atomic E-state index is 5.66. The first kappa shape index (κ1) is 8.88. The van der Waals surface area contributed by atoms with E-state index in [4.69, 9.17) is 4.74 Å². The first-order valence-electron chi connectivity index (χ1n) is 4.65. The van der Waals surface area contributed by atoms with E-state index in [0.717, 1.165) is 17.2 Å². The fourth-order valence-corrected chi connectivity index (χ4v) is 1.45. The molecule has 0 amide bonds. The van der Waals surface area contributed by atoms with Crippen LogP contribution in [0.25, 0.3) is 5.76 Å². The van der Waals surface area contributed by atoms with Crippen molar-refractivity contribution in [1.29, 1.82) is 0 Å². The molecule has 2 heteroatoms. The summed E-state index contributed by atoms with van der Waals surface area (Å²) in [5, 5.41) is 0. The second-order valence-corrected chi connectivity index (χ2v) is 3.20. The summed E-state index contributed by atoms with van der Waals surface area (Å²) in [7, 11) is 1.98. The average molecular weight is 187 g/mol. The van der Waals surface area contributed by atoms with Crippen molar-refractivity contribution in [3.63, 3.8) is 0 Å². The zero-order valence-electron chi connectivity index (χ0n) is 8.40. The lowest BCUT2D eigenvalue weighted by atomic mass is 10.2. The summed E-state index contributed by atoms with van der Waals surface area (Å²) < 4.78 is 5.66. The molecular weight excluding hydrogens is 174 g/mol. The van der Waals surface area contributed by atoms with Gasteiger partial charge in [-0.15, -0.1) is 0 Å². The van der Waals surface area contributed by atoms with Crippen LogP contribution in [0.3, 0.4) is 0 Å². The lowest BCUT2D eigenvalue weighted by Gasteiger charge is -2.07. The molecule has 1 aliphatic heterocycles. The molecule has 0 saturated heterocycles. The minimum Gasteiger partial charge on any atom is -0.439 e. The Morgan fingerprint density at radius 1 is 1.21 bits per heavy atom. The molecule has 0 radical (unpaired) electrons. The summed E-state index contributed by atoms with van der Waals surface area (Å²) in [6.45, 7) is 1.97. The average Bonchev–Trinajstić information content (AvgIpc) is 2.61. The monoisotopic (exact) mass is 187 g/mol. The summed E-state index contributed by atoms with van der Waals surface area (Å²) in [5.74, 6) is 1.78. The molecular formula is C12H13NO. The van der Waals surface area contributed by atoms with Gasteiger partial charge in [-0.05, 0) is 13.0 Å². The second kappa shape index (κ2) is 3.58. The quantitative estimate of drug-likeness (QED) is 0.670. The molecule has 14 heavy (non-hydrogen) atoms. The van der Waals surface area contributed by atoms with Gasteiger partial charge in [0.25, 0.3) is 0 Å². The van der Waals surface area contributed by atoms with Gasteiger partial charge >= 0.3 is 0 Å². The second-order valence-electron chi connectivity index (χ2n) is 3.20. The molecule has 2 rings (SSSR count). The SMILES string of the molecule is CC=C1OC(c2ccccc2)=CN1C. The van der Waals surface area contributed by atoms with E-state index in [1.807, 2.05) is 61.5 Å². The molecule has 0 unspecified atom stereocenters. The van der Waals surface area contributed by atoms with Crippen molar-refractivity contribution in [1.82, 2.24) is 4.90 Å². The molecule has 1 heterocycles. The maximum Gasteiger partial charge on any atom is 0.195 e. The van der Waals surface area contributed by atoms with Crippen molar-refractivity contribution in [2.75, 3.05) is 7.05 Å². The van der Waals surface area contributed by atoms with Crippen LogP contribution < -0.4 is 0 Å². The third-order valence-electron chi connectivity index (χ3n) is 2.18. The zero-order valence-corrected chi connectivity index (χ0v) is 8.40. The lowest BCUT2D eigenvalue weighted by Crippen LogP contribution is -2.04. The Bertz CT molecular complexity index is 379. The highest BCUT2D eigenvalue weighted by molar-refractivity contribution is 5.62. The van der Waals surface area contributed by atoms with E-state index >= 15 is 0 Å². The van der Waals surface area contributed by atoms with Gasteiger partial charge in [-0.3, -0.25) is 0 Å². The lowest BCUT2D eigenvalue weighted by molar-refractivity contribution is 0.311. The Kier molecular flexibility index (Phi) is 2.27. The normalized spacial score (nSPS) is 18.3. The van der Waals surface area contributed by atoms with Crippen LogP contribution in [0.4, 0.5) is 0 Å². The third-order valence-corrected chi connectivity index (χ3v) is 2.18. The van der Waals surface area contributed by atoms with E-state index in [2.05, 4.69) is 0 Å². The van der Waals surface area contributed by atoms with Crippen LogP contribution in [0.15, 0.2) is 48.5 Å². The highest BCUT2D eigenvalue weighted by atomic mass is 16.5. The predicted octanol–water partition coefficient (Wildman–Crippen LogP) is 2.81. The van der Waals surface area contributed by atoms with Gasteiger partial charge in [0, 0.05) is 12.6 Å². The van der Waals surface area contributed by atoms with Crippen LogP contribution in [0.2, 0.25) is 0 Å². The molecule has 0 fully saturated rings. The van der Waals surface area contributed by atoms with Crippen molar-refractivity contribution >= 4 is 5.76 Å². The van der Waals surface area contributed by atoms with Crippen LogP contribution in [-0.4, -0.2) is 11.9 Å². The van der Waals surface area contributed by atoms with E-state index in [-0.39, 0.29) is 0 Å². The largest absolute Gasteiger partial charge is 0.439 e. The predicted molar refractivity (Wildman–Crippen MR) is 57.0 cm³/mol. The summed E-state index contributed by atoms with van der Waals surface area (Å²) in [4.78, 5) is 1.97. The number of hydrogen-bond donors (Lipinski definition) is 0. The fraction of sp³-hybridized carbons (Fsp3) is 0.167. The number of allylic oxidation sites excluding steroid dienone is 1. The topological polar surface area (TPSA) is 12.5 Å². The van der Waals surface area contributed by atoms with E-state index in [9.17, 15) is 0 Å². The smallest absolute Gasteiger partial charge is 0.195 e. The Balaban J connectivity index is 2.28. The van der Waals surface area contributed by atoms with E-state index in [1.165, 1.54) is 0 Å². The van der Waals surface area contributed by atoms with Gasteiger partial charge in [-0.2, -0.15) is 0 Å². The van der Waals surface area contributed by atoms with Crippen molar-refractivity contribution in [2.24, 2.45) is 0 Å². The van der Waals surface area contributed by atoms with Gasteiger partial charge in [0.2, 0.25) is 0 Å². The molecule has 0 bridgehead atoms. The Labute approximate surface area is 84.1 Å².